The summed E-state index contributed by atoms with van der Waals surface area (Å²) < 4.78 is 0. The summed E-state index contributed by atoms with van der Waals surface area (Å²) in [5.74, 6) is 1.04. The van der Waals surface area contributed by atoms with Crippen molar-refractivity contribution in [1.82, 2.24) is 10.3 Å². The zero-order chi connectivity index (χ0) is 11.4. The van der Waals surface area contributed by atoms with Gasteiger partial charge in [-0.3, -0.25) is 4.79 Å². The van der Waals surface area contributed by atoms with E-state index >= 15 is 0 Å². The van der Waals surface area contributed by atoms with E-state index in [0.717, 1.165) is 30.2 Å². The van der Waals surface area contributed by atoms with Crippen LogP contribution in [0.15, 0.2) is 5.38 Å². The van der Waals surface area contributed by atoms with Crippen molar-refractivity contribution in [2.75, 3.05) is 13.1 Å². The fraction of sp³-hybridized carbons (Fsp3) is 0.667. The zero-order valence-electron chi connectivity index (χ0n) is 9.66. The number of nitrogens with zero attached hydrogens (tertiary/aromatic N) is 1. The van der Waals surface area contributed by atoms with E-state index in [1.165, 1.54) is 6.42 Å². The summed E-state index contributed by atoms with van der Waals surface area (Å²) in [6, 6.07) is 0. The second kappa shape index (κ2) is 5.55. The van der Waals surface area contributed by atoms with E-state index in [0.29, 0.717) is 24.5 Å². The van der Waals surface area contributed by atoms with E-state index in [1.807, 2.05) is 12.3 Å². The summed E-state index contributed by atoms with van der Waals surface area (Å²) in [6.45, 7) is 4.17. The molecular weight excluding hydrogens is 220 g/mol. The average Bonchev–Trinajstić information content (AvgIpc) is 2.87. The van der Waals surface area contributed by atoms with Crippen molar-refractivity contribution in [3.63, 3.8) is 0 Å². The molecule has 0 radical (unpaired) electrons. The summed E-state index contributed by atoms with van der Waals surface area (Å²) in [6.07, 6.45) is 3.50. The Balaban J connectivity index is 1.71. The minimum Gasteiger partial charge on any atom is -0.316 e. The van der Waals surface area contributed by atoms with Crippen molar-refractivity contribution in [3.8, 4) is 0 Å². The summed E-state index contributed by atoms with van der Waals surface area (Å²) in [5, 5.41) is 6.30. The Bertz CT molecular complexity index is 356. The molecule has 0 amide bonds. The first-order valence-electron chi connectivity index (χ1n) is 5.87. The van der Waals surface area contributed by atoms with Gasteiger partial charge in [-0.15, -0.1) is 11.3 Å². The second-order valence-electron chi connectivity index (χ2n) is 4.50. The van der Waals surface area contributed by atoms with Crippen molar-refractivity contribution in [1.29, 1.82) is 0 Å². The SMILES string of the molecule is Cc1csc(CC(=O)CCC2CCNC2)n1. The van der Waals surface area contributed by atoms with Gasteiger partial charge in [0.05, 0.1) is 6.42 Å². The van der Waals surface area contributed by atoms with Gasteiger partial charge in [-0.2, -0.15) is 0 Å². The lowest BCUT2D eigenvalue weighted by molar-refractivity contribution is -0.118. The van der Waals surface area contributed by atoms with Crippen molar-refractivity contribution in [2.45, 2.75) is 32.6 Å². The number of aryl methyl sites for hydroxylation is 1. The number of aromatic nitrogens is 1. The molecular formula is C12H18N2OS. The van der Waals surface area contributed by atoms with Crippen molar-refractivity contribution >= 4 is 17.1 Å². The Morgan fingerprint density at radius 3 is 3.19 bits per heavy atom. The van der Waals surface area contributed by atoms with Gasteiger partial charge in [0.25, 0.3) is 0 Å². The van der Waals surface area contributed by atoms with Gasteiger partial charge in [0, 0.05) is 17.5 Å². The molecule has 16 heavy (non-hydrogen) atoms. The van der Waals surface area contributed by atoms with Crippen molar-refractivity contribution in [2.24, 2.45) is 5.92 Å². The first-order valence-corrected chi connectivity index (χ1v) is 6.75. The zero-order valence-corrected chi connectivity index (χ0v) is 10.5. The van der Waals surface area contributed by atoms with Crippen LogP contribution in [0.3, 0.4) is 0 Å². The molecule has 0 aliphatic carbocycles. The number of nitrogens with one attached hydrogen (secondary N) is 1. The molecule has 1 aliphatic heterocycles. The topological polar surface area (TPSA) is 42.0 Å². The number of thiazole rings is 1. The quantitative estimate of drug-likeness (QED) is 0.852. The maximum Gasteiger partial charge on any atom is 0.139 e. The predicted octanol–water partition coefficient (Wildman–Crippen LogP) is 1.95. The van der Waals surface area contributed by atoms with Gasteiger partial charge >= 0.3 is 0 Å². The number of carbonyl (C=O) groups is 1. The third-order valence-corrected chi connectivity index (χ3v) is 3.98. The van der Waals surface area contributed by atoms with Gasteiger partial charge in [0.1, 0.15) is 10.8 Å². The Labute approximate surface area is 100 Å². The first kappa shape index (κ1) is 11.7. The van der Waals surface area contributed by atoms with Crippen molar-refractivity contribution < 1.29 is 4.79 Å². The maximum absolute atomic E-state index is 11.7. The van der Waals surface area contributed by atoms with Crippen LogP contribution in [0.25, 0.3) is 0 Å². The van der Waals surface area contributed by atoms with E-state index in [2.05, 4.69) is 10.3 Å². The van der Waals surface area contributed by atoms with Gasteiger partial charge in [-0.1, -0.05) is 0 Å². The largest absolute Gasteiger partial charge is 0.316 e. The van der Waals surface area contributed by atoms with E-state index in [4.69, 9.17) is 0 Å². The number of hydrogen-bond donors (Lipinski definition) is 1. The number of carbonyl (C=O) groups excluding carboxylic acids is 1. The Hall–Kier alpha value is -0.740. The highest BCUT2D eigenvalue weighted by Gasteiger charge is 2.16. The molecule has 1 fully saturated rings. The maximum atomic E-state index is 11.7. The second-order valence-corrected chi connectivity index (χ2v) is 5.44. The molecule has 1 aromatic rings. The molecule has 3 nitrogen and oxygen atoms in total. The van der Waals surface area contributed by atoms with E-state index in [9.17, 15) is 4.79 Å². The van der Waals surface area contributed by atoms with Crippen LogP contribution in [0.2, 0.25) is 0 Å². The fourth-order valence-electron chi connectivity index (χ4n) is 2.07. The molecule has 1 unspecified atom stereocenters. The van der Waals surface area contributed by atoms with Crippen LogP contribution in [0.5, 0.6) is 0 Å². The van der Waals surface area contributed by atoms with E-state index in [1.54, 1.807) is 11.3 Å². The lowest BCUT2D eigenvalue weighted by Gasteiger charge is -2.05. The lowest BCUT2D eigenvalue weighted by atomic mass is 10.00. The first-order chi connectivity index (χ1) is 7.74. The molecule has 88 valence electrons. The minimum absolute atomic E-state index is 0.334. The van der Waals surface area contributed by atoms with Gasteiger partial charge in [-0.05, 0) is 38.8 Å². The van der Waals surface area contributed by atoms with Gasteiger partial charge in [0.2, 0.25) is 0 Å². The molecule has 1 N–H and O–H groups in total. The summed E-state index contributed by atoms with van der Waals surface area (Å²) in [4.78, 5) is 16.0. The highest BCUT2D eigenvalue weighted by atomic mass is 32.1. The summed E-state index contributed by atoms with van der Waals surface area (Å²) in [5.41, 5.74) is 1.02. The third kappa shape index (κ3) is 3.39. The molecule has 2 rings (SSSR count). The standard InChI is InChI=1S/C12H18N2OS/c1-9-8-16-12(14-9)6-11(15)3-2-10-4-5-13-7-10/h8,10,13H,2-7H2,1H3. The molecule has 1 saturated heterocycles. The minimum atomic E-state index is 0.334. The third-order valence-electron chi connectivity index (χ3n) is 3.01. The molecule has 1 atom stereocenters. The van der Waals surface area contributed by atoms with Crippen LogP contribution in [-0.2, 0) is 11.2 Å². The van der Waals surface area contributed by atoms with E-state index < -0.39 is 0 Å². The van der Waals surface area contributed by atoms with Crippen LogP contribution in [0, 0.1) is 12.8 Å². The van der Waals surface area contributed by atoms with Crippen LogP contribution < -0.4 is 5.32 Å². The van der Waals surface area contributed by atoms with Gasteiger partial charge < -0.3 is 5.32 Å². The molecule has 0 bridgehead atoms. The summed E-state index contributed by atoms with van der Waals surface area (Å²) in [7, 11) is 0. The number of rotatable bonds is 5. The molecule has 0 aromatic carbocycles. The molecule has 0 saturated carbocycles. The molecule has 1 aromatic heterocycles. The number of Topliss-reactive ketones (excluding diaryl/α,β-unsaturated/α-hetero) is 1. The van der Waals surface area contributed by atoms with Gasteiger partial charge in [-0.25, -0.2) is 4.98 Å². The molecule has 1 aliphatic rings. The van der Waals surface area contributed by atoms with Crippen LogP contribution in [0.1, 0.15) is 30.0 Å². The van der Waals surface area contributed by atoms with E-state index in [-0.39, 0.29) is 0 Å². The average molecular weight is 238 g/mol. The Morgan fingerprint density at radius 2 is 2.56 bits per heavy atom. The fourth-order valence-corrected chi connectivity index (χ4v) is 2.87. The normalized spacial score (nSPS) is 20.2. The molecule has 0 spiro atoms. The summed E-state index contributed by atoms with van der Waals surface area (Å²) >= 11 is 1.59. The van der Waals surface area contributed by atoms with Crippen LogP contribution in [-0.4, -0.2) is 23.9 Å². The predicted molar refractivity (Wildman–Crippen MR) is 65.8 cm³/mol. The number of ketones is 1. The smallest absolute Gasteiger partial charge is 0.139 e. The van der Waals surface area contributed by atoms with Crippen molar-refractivity contribution in [3.05, 3.63) is 16.1 Å². The van der Waals surface area contributed by atoms with Crippen LogP contribution in [0.4, 0.5) is 0 Å². The van der Waals surface area contributed by atoms with Gasteiger partial charge in [0.15, 0.2) is 0 Å². The molecule has 4 heteroatoms. The lowest BCUT2D eigenvalue weighted by Crippen LogP contribution is -2.11. The number of hydrogen-bond acceptors (Lipinski definition) is 4. The highest BCUT2D eigenvalue weighted by molar-refractivity contribution is 7.09. The monoisotopic (exact) mass is 238 g/mol. The molecule has 2 heterocycles. The Kier molecular flexibility index (Phi) is 4.07. The highest BCUT2D eigenvalue weighted by Crippen LogP contribution is 2.16. The Morgan fingerprint density at radius 1 is 1.69 bits per heavy atom. The van der Waals surface area contributed by atoms with Crippen LogP contribution >= 0.6 is 11.3 Å².